The fraction of sp³-hybridized carbons (Fsp3) is 0.308. The third-order valence-corrected chi connectivity index (χ3v) is 6.75. The second-order valence-electron chi connectivity index (χ2n) is 8.17. The minimum Gasteiger partial charge on any atom is -0.497 e. The maximum Gasteiger partial charge on any atom is 0.248 e. The van der Waals surface area contributed by atoms with Gasteiger partial charge in [-0.2, -0.15) is 0 Å². The molecule has 1 aliphatic rings. The Balaban J connectivity index is 1.78. The van der Waals surface area contributed by atoms with Gasteiger partial charge in [0.2, 0.25) is 11.8 Å². The molecule has 2 amide bonds. The Morgan fingerprint density at radius 3 is 2.61 bits per heavy atom. The zero-order chi connectivity index (χ0) is 23.2. The standard InChI is InChI=1S/C26H27FN2O3S/c1-32-22-12-4-7-18(15-22)25(26(31)28-20-9-2-3-10-20)29(21-11-5-8-19(27)16-21)24(30)17-23-13-6-14-33-23/h4-8,11-16,20,25H,2-3,9-10,17H2,1H3,(H,28,31). The van der Waals surface area contributed by atoms with E-state index in [1.807, 2.05) is 17.5 Å². The van der Waals surface area contributed by atoms with Crippen LogP contribution >= 0.6 is 11.3 Å². The van der Waals surface area contributed by atoms with Crippen LogP contribution in [-0.4, -0.2) is 25.0 Å². The van der Waals surface area contributed by atoms with Crippen molar-refractivity contribution < 1.29 is 18.7 Å². The van der Waals surface area contributed by atoms with Crippen LogP contribution in [0.3, 0.4) is 0 Å². The van der Waals surface area contributed by atoms with Crippen LogP contribution < -0.4 is 15.0 Å². The highest BCUT2D eigenvalue weighted by atomic mass is 32.1. The average molecular weight is 467 g/mol. The molecule has 172 valence electrons. The number of amides is 2. The van der Waals surface area contributed by atoms with E-state index in [9.17, 15) is 14.0 Å². The van der Waals surface area contributed by atoms with Gasteiger partial charge in [0.05, 0.1) is 13.5 Å². The Morgan fingerprint density at radius 1 is 1.12 bits per heavy atom. The van der Waals surface area contributed by atoms with E-state index in [1.165, 1.54) is 28.4 Å². The summed E-state index contributed by atoms with van der Waals surface area (Å²) in [6, 6.07) is 15.8. The van der Waals surface area contributed by atoms with E-state index in [-0.39, 0.29) is 24.3 Å². The van der Waals surface area contributed by atoms with Gasteiger partial charge in [-0.15, -0.1) is 11.3 Å². The predicted octanol–water partition coefficient (Wildman–Crippen LogP) is 5.27. The molecule has 1 fully saturated rings. The topological polar surface area (TPSA) is 58.6 Å². The van der Waals surface area contributed by atoms with Crippen molar-refractivity contribution in [2.75, 3.05) is 12.0 Å². The Hall–Kier alpha value is -3.19. The van der Waals surface area contributed by atoms with Gasteiger partial charge in [0.1, 0.15) is 17.6 Å². The number of carbonyl (C=O) groups excluding carboxylic acids is 2. The first kappa shape index (κ1) is 23.0. The van der Waals surface area contributed by atoms with Gasteiger partial charge >= 0.3 is 0 Å². The minimum atomic E-state index is -0.963. The lowest BCUT2D eigenvalue weighted by Crippen LogP contribution is -2.46. The number of ether oxygens (including phenoxy) is 1. The zero-order valence-electron chi connectivity index (χ0n) is 18.5. The maximum atomic E-state index is 14.2. The molecule has 1 aromatic heterocycles. The Bertz CT molecular complexity index is 1100. The van der Waals surface area contributed by atoms with Crippen molar-refractivity contribution in [1.82, 2.24) is 5.32 Å². The van der Waals surface area contributed by atoms with E-state index in [0.717, 1.165) is 30.6 Å². The molecule has 1 saturated carbocycles. The zero-order valence-corrected chi connectivity index (χ0v) is 19.3. The molecular weight excluding hydrogens is 439 g/mol. The van der Waals surface area contributed by atoms with E-state index in [0.29, 0.717) is 17.0 Å². The van der Waals surface area contributed by atoms with Crippen LogP contribution in [0.15, 0.2) is 66.0 Å². The van der Waals surface area contributed by atoms with Gasteiger partial charge in [-0.3, -0.25) is 14.5 Å². The van der Waals surface area contributed by atoms with Crippen molar-refractivity contribution in [1.29, 1.82) is 0 Å². The van der Waals surface area contributed by atoms with Crippen LogP contribution in [0, 0.1) is 5.82 Å². The Kier molecular flexibility index (Phi) is 7.40. The Morgan fingerprint density at radius 2 is 1.91 bits per heavy atom. The van der Waals surface area contributed by atoms with Crippen LogP contribution in [0.2, 0.25) is 0 Å². The second kappa shape index (κ2) is 10.6. The summed E-state index contributed by atoms with van der Waals surface area (Å²) in [5.41, 5.74) is 0.944. The predicted molar refractivity (Wildman–Crippen MR) is 128 cm³/mol. The summed E-state index contributed by atoms with van der Waals surface area (Å²) in [6.07, 6.45) is 4.09. The first-order valence-corrected chi connectivity index (χ1v) is 12.0. The van der Waals surface area contributed by atoms with E-state index in [2.05, 4.69) is 5.32 Å². The van der Waals surface area contributed by atoms with Gasteiger partial charge < -0.3 is 10.1 Å². The summed E-state index contributed by atoms with van der Waals surface area (Å²) >= 11 is 1.47. The molecule has 1 aliphatic carbocycles. The number of rotatable bonds is 8. The first-order valence-electron chi connectivity index (χ1n) is 11.1. The van der Waals surface area contributed by atoms with Gasteiger partial charge in [-0.1, -0.05) is 37.1 Å². The summed E-state index contributed by atoms with van der Waals surface area (Å²) in [5, 5.41) is 5.03. The smallest absolute Gasteiger partial charge is 0.248 e. The molecule has 1 N–H and O–H groups in total. The number of nitrogens with zero attached hydrogens (tertiary/aromatic N) is 1. The fourth-order valence-corrected chi connectivity index (χ4v) is 4.99. The van der Waals surface area contributed by atoms with E-state index in [1.54, 1.807) is 43.5 Å². The van der Waals surface area contributed by atoms with Crippen molar-refractivity contribution in [2.45, 2.75) is 44.2 Å². The van der Waals surface area contributed by atoms with Gasteiger partial charge in [0.15, 0.2) is 0 Å². The number of thiophene rings is 1. The third-order valence-electron chi connectivity index (χ3n) is 5.88. The minimum absolute atomic E-state index is 0.0763. The number of carbonyl (C=O) groups is 2. The van der Waals surface area contributed by atoms with Gasteiger partial charge in [-0.25, -0.2) is 4.39 Å². The van der Waals surface area contributed by atoms with Crippen molar-refractivity contribution in [3.8, 4) is 5.75 Å². The van der Waals surface area contributed by atoms with Gasteiger partial charge in [-0.05, 0) is 60.2 Å². The molecule has 1 atom stereocenters. The van der Waals surface area contributed by atoms with Crippen LogP contribution in [0.1, 0.15) is 42.2 Å². The highest BCUT2D eigenvalue weighted by Crippen LogP contribution is 2.32. The van der Waals surface area contributed by atoms with Crippen molar-refractivity contribution in [2.24, 2.45) is 0 Å². The summed E-state index contributed by atoms with van der Waals surface area (Å²) in [7, 11) is 1.55. The van der Waals surface area contributed by atoms with Gasteiger partial charge in [0.25, 0.3) is 0 Å². The molecule has 7 heteroatoms. The molecule has 0 spiro atoms. The molecule has 2 aromatic carbocycles. The van der Waals surface area contributed by atoms with Crippen LogP contribution in [-0.2, 0) is 16.0 Å². The molecule has 0 bridgehead atoms. The largest absolute Gasteiger partial charge is 0.497 e. The number of nitrogens with one attached hydrogen (secondary N) is 1. The number of halogens is 1. The van der Waals surface area contributed by atoms with E-state index in [4.69, 9.17) is 4.74 Å². The number of methoxy groups -OCH3 is 1. The number of hydrogen-bond donors (Lipinski definition) is 1. The molecule has 0 radical (unpaired) electrons. The fourth-order valence-electron chi connectivity index (χ4n) is 4.29. The summed E-state index contributed by atoms with van der Waals surface area (Å²) in [5.74, 6) is -0.450. The normalized spacial score (nSPS) is 14.6. The number of anilines is 1. The lowest BCUT2D eigenvalue weighted by atomic mass is 10.0. The highest BCUT2D eigenvalue weighted by molar-refractivity contribution is 7.10. The lowest BCUT2D eigenvalue weighted by Gasteiger charge is -2.32. The van der Waals surface area contributed by atoms with Gasteiger partial charge in [0, 0.05) is 16.6 Å². The molecule has 4 rings (SSSR count). The number of benzene rings is 2. The molecular formula is C26H27FN2O3S. The van der Waals surface area contributed by atoms with E-state index < -0.39 is 11.9 Å². The maximum absolute atomic E-state index is 14.2. The van der Waals surface area contributed by atoms with E-state index >= 15 is 0 Å². The monoisotopic (exact) mass is 466 g/mol. The van der Waals surface area contributed by atoms with Crippen molar-refractivity contribution >= 4 is 28.8 Å². The highest BCUT2D eigenvalue weighted by Gasteiger charge is 2.34. The summed E-state index contributed by atoms with van der Waals surface area (Å²) in [4.78, 5) is 29.6. The van der Waals surface area contributed by atoms with Crippen molar-refractivity contribution in [3.63, 3.8) is 0 Å². The third kappa shape index (κ3) is 5.60. The summed E-state index contributed by atoms with van der Waals surface area (Å²) < 4.78 is 19.6. The Labute approximate surface area is 197 Å². The summed E-state index contributed by atoms with van der Waals surface area (Å²) in [6.45, 7) is 0. The SMILES string of the molecule is COc1cccc(C(C(=O)NC2CCCC2)N(C(=O)Cc2cccs2)c2cccc(F)c2)c1. The molecule has 5 nitrogen and oxygen atoms in total. The first-order chi connectivity index (χ1) is 16.0. The lowest BCUT2D eigenvalue weighted by molar-refractivity contribution is -0.127. The quantitative estimate of drug-likeness (QED) is 0.492. The molecule has 0 saturated heterocycles. The average Bonchev–Trinajstić information content (AvgIpc) is 3.51. The van der Waals surface area contributed by atoms with Crippen LogP contribution in [0.5, 0.6) is 5.75 Å². The molecule has 0 aliphatic heterocycles. The van der Waals surface area contributed by atoms with Crippen LogP contribution in [0.4, 0.5) is 10.1 Å². The van der Waals surface area contributed by atoms with Crippen molar-refractivity contribution in [3.05, 3.63) is 82.3 Å². The van der Waals surface area contributed by atoms with Crippen LogP contribution in [0.25, 0.3) is 0 Å². The second-order valence-corrected chi connectivity index (χ2v) is 9.20. The molecule has 3 aromatic rings. The number of hydrogen-bond acceptors (Lipinski definition) is 4. The molecule has 1 unspecified atom stereocenters. The molecule has 1 heterocycles. The molecule has 33 heavy (non-hydrogen) atoms.